The summed E-state index contributed by atoms with van der Waals surface area (Å²) in [6.45, 7) is 15.7. The SMILES string of the molecule is [C-]#[N+]c1nc(-c2cc(C)ccc2C)cnc1-c1cc(C)cc(C)c1. The third-order valence-electron chi connectivity index (χ3n) is 4.02. The number of aromatic nitrogens is 2. The Bertz CT molecular complexity index is 945. The second kappa shape index (κ2) is 6.25. The lowest BCUT2D eigenvalue weighted by Crippen LogP contribution is -1.94. The number of hydrogen-bond donors (Lipinski definition) is 0. The maximum absolute atomic E-state index is 7.52. The Morgan fingerprint density at radius 1 is 0.875 bits per heavy atom. The molecule has 24 heavy (non-hydrogen) atoms. The number of benzene rings is 2. The van der Waals surface area contributed by atoms with Crippen LogP contribution >= 0.6 is 0 Å². The Morgan fingerprint density at radius 2 is 1.58 bits per heavy atom. The molecule has 0 aliphatic carbocycles. The summed E-state index contributed by atoms with van der Waals surface area (Å²) in [6, 6.07) is 12.4. The molecule has 0 aliphatic rings. The standard InChI is InChI=1S/C21H19N3/c1-13-6-7-16(4)18(11-13)19-12-23-20(21(22-5)24-19)17-9-14(2)8-15(3)10-17/h6-12H,1-4H3. The first-order chi connectivity index (χ1) is 11.5. The maximum atomic E-state index is 7.52. The molecule has 0 radical (unpaired) electrons. The Hall–Kier alpha value is -2.99. The van der Waals surface area contributed by atoms with E-state index in [9.17, 15) is 0 Å². The van der Waals surface area contributed by atoms with Gasteiger partial charge in [0.2, 0.25) is 0 Å². The molecular formula is C21H19N3. The third kappa shape index (κ3) is 3.04. The molecule has 0 bridgehead atoms. The average Bonchev–Trinajstić information content (AvgIpc) is 2.55. The minimum atomic E-state index is 0.346. The van der Waals surface area contributed by atoms with E-state index in [1.807, 2.05) is 32.9 Å². The van der Waals surface area contributed by atoms with Crippen molar-refractivity contribution in [2.24, 2.45) is 0 Å². The molecule has 0 N–H and O–H groups in total. The predicted octanol–water partition coefficient (Wildman–Crippen LogP) is 5.60. The summed E-state index contributed by atoms with van der Waals surface area (Å²) in [5, 5.41) is 0. The molecular weight excluding hydrogens is 294 g/mol. The van der Waals surface area contributed by atoms with Crippen LogP contribution in [0.3, 0.4) is 0 Å². The first-order valence-electron chi connectivity index (χ1n) is 7.88. The van der Waals surface area contributed by atoms with E-state index >= 15 is 0 Å². The van der Waals surface area contributed by atoms with Crippen LogP contribution in [0.4, 0.5) is 5.82 Å². The van der Waals surface area contributed by atoms with Crippen LogP contribution in [0, 0.1) is 34.3 Å². The van der Waals surface area contributed by atoms with Crippen molar-refractivity contribution < 1.29 is 0 Å². The normalized spacial score (nSPS) is 10.5. The van der Waals surface area contributed by atoms with Gasteiger partial charge in [0.1, 0.15) is 0 Å². The van der Waals surface area contributed by atoms with Crippen molar-refractivity contribution in [3.63, 3.8) is 0 Å². The van der Waals surface area contributed by atoms with Gasteiger partial charge < -0.3 is 4.85 Å². The zero-order valence-corrected chi connectivity index (χ0v) is 14.4. The summed E-state index contributed by atoms with van der Waals surface area (Å²) < 4.78 is 0. The Balaban J connectivity index is 2.16. The largest absolute Gasteiger partial charge is 0.359 e. The monoisotopic (exact) mass is 313 g/mol. The molecule has 3 heteroatoms. The van der Waals surface area contributed by atoms with Gasteiger partial charge in [0.25, 0.3) is 5.82 Å². The summed E-state index contributed by atoms with van der Waals surface area (Å²) in [5.41, 5.74) is 7.96. The fraction of sp³-hybridized carbons (Fsp3) is 0.190. The number of hydrogen-bond acceptors (Lipinski definition) is 2. The van der Waals surface area contributed by atoms with Crippen LogP contribution in [0.25, 0.3) is 27.4 Å². The van der Waals surface area contributed by atoms with Crippen LogP contribution < -0.4 is 0 Å². The van der Waals surface area contributed by atoms with Gasteiger partial charge >= 0.3 is 0 Å². The third-order valence-corrected chi connectivity index (χ3v) is 4.02. The van der Waals surface area contributed by atoms with Gasteiger partial charge in [0.15, 0.2) is 5.69 Å². The predicted molar refractivity (Wildman–Crippen MR) is 98.1 cm³/mol. The molecule has 0 atom stereocenters. The molecule has 0 spiro atoms. The number of rotatable bonds is 2. The molecule has 0 fully saturated rings. The van der Waals surface area contributed by atoms with Crippen molar-refractivity contribution in [1.82, 2.24) is 9.97 Å². The van der Waals surface area contributed by atoms with Crippen LogP contribution in [0.2, 0.25) is 0 Å². The van der Waals surface area contributed by atoms with Crippen LogP contribution in [-0.2, 0) is 0 Å². The van der Waals surface area contributed by atoms with E-state index in [1.54, 1.807) is 6.20 Å². The second-order valence-corrected chi connectivity index (χ2v) is 6.23. The van der Waals surface area contributed by atoms with Gasteiger partial charge in [-0.05, 0) is 44.9 Å². The smallest absolute Gasteiger partial charge is 0.296 e. The fourth-order valence-corrected chi connectivity index (χ4v) is 2.91. The summed E-state index contributed by atoms with van der Waals surface area (Å²) in [4.78, 5) is 12.8. The van der Waals surface area contributed by atoms with E-state index in [0.29, 0.717) is 11.5 Å². The van der Waals surface area contributed by atoms with E-state index in [4.69, 9.17) is 6.57 Å². The highest BCUT2D eigenvalue weighted by molar-refractivity contribution is 5.76. The highest BCUT2D eigenvalue weighted by Crippen LogP contribution is 2.31. The minimum absolute atomic E-state index is 0.346. The van der Waals surface area contributed by atoms with Crippen LogP contribution in [0.5, 0.6) is 0 Å². The van der Waals surface area contributed by atoms with E-state index in [2.05, 4.69) is 46.0 Å². The van der Waals surface area contributed by atoms with Crippen molar-refractivity contribution in [3.8, 4) is 22.5 Å². The Morgan fingerprint density at radius 3 is 2.25 bits per heavy atom. The molecule has 0 aliphatic heterocycles. The molecule has 0 saturated carbocycles. The summed E-state index contributed by atoms with van der Waals surface area (Å²) in [6.07, 6.45) is 1.77. The lowest BCUT2D eigenvalue weighted by molar-refractivity contribution is 1.21. The molecule has 1 aromatic heterocycles. The van der Waals surface area contributed by atoms with Crippen molar-refractivity contribution in [2.45, 2.75) is 27.7 Å². The first kappa shape index (κ1) is 15.9. The summed E-state index contributed by atoms with van der Waals surface area (Å²) >= 11 is 0. The molecule has 3 nitrogen and oxygen atoms in total. The molecule has 0 amide bonds. The second-order valence-electron chi connectivity index (χ2n) is 6.23. The minimum Gasteiger partial charge on any atom is -0.359 e. The van der Waals surface area contributed by atoms with Crippen molar-refractivity contribution in [2.75, 3.05) is 0 Å². The first-order valence-corrected chi connectivity index (χ1v) is 7.88. The quantitative estimate of drug-likeness (QED) is 0.577. The Kier molecular flexibility index (Phi) is 4.14. The molecule has 0 unspecified atom stereocenters. The zero-order chi connectivity index (χ0) is 17.3. The lowest BCUT2D eigenvalue weighted by atomic mass is 10.0. The molecule has 0 saturated heterocycles. The highest BCUT2D eigenvalue weighted by Gasteiger charge is 2.15. The van der Waals surface area contributed by atoms with Gasteiger partial charge in [-0.3, -0.25) is 4.98 Å². The van der Waals surface area contributed by atoms with Crippen molar-refractivity contribution in [3.05, 3.63) is 76.3 Å². The van der Waals surface area contributed by atoms with E-state index in [0.717, 1.165) is 33.5 Å². The van der Waals surface area contributed by atoms with Crippen LogP contribution in [-0.4, -0.2) is 9.97 Å². The molecule has 2 aromatic carbocycles. The van der Waals surface area contributed by atoms with Gasteiger partial charge in [-0.15, -0.1) is 4.98 Å². The van der Waals surface area contributed by atoms with Crippen LogP contribution in [0.1, 0.15) is 22.3 Å². The van der Waals surface area contributed by atoms with Gasteiger partial charge in [-0.25, -0.2) is 0 Å². The summed E-state index contributed by atoms with van der Waals surface area (Å²) in [7, 11) is 0. The van der Waals surface area contributed by atoms with E-state index in [-0.39, 0.29) is 0 Å². The van der Waals surface area contributed by atoms with Crippen LogP contribution in [0.15, 0.2) is 42.6 Å². The number of aryl methyl sites for hydroxylation is 4. The van der Waals surface area contributed by atoms with E-state index < -0.39 is 0 Å². The zero-order valence-electron chi connectivity index (χ0n) is 14.4. The summed E-state index contributed by atoms with van der Waals surface area (Å²) in [5.74, 6) is 0.346. The van der Waals surface area contributed by atoms with Gasteiger partial charge in [-0.1, -0.05) is 53.6 Å². The van der Waals surface area contributed by atoms with Crippen molar-refractivity contribution in [1.29, 1.82) is 0 Å². The average molecular weight is 313 g/mol. The fourth-order valence-electron chi connectivity index (χ4n) is 2.91. The van der Waals surface area contributed by atoms with Gasteiger partial charge in [-0.2, -0.15) is 0 Å². The topological polar surface area (TPSA) is 30.1 Å². The highest BCUT2D eigenvalue weighted by atomic mass is 14.9. The molecule has 1 heterocycles. The van der Waals surface area contributed by atoms with Gasteiger partial charge in [0.05, 0.1) is 11.9 Å². The van der Waals surface area contributed by atoms with E-state index in [1.165, 1.54) is 5.56 Å². The number of nitrogens with zero attached hydrogens (tertiary/aromatic N) is 3. The molecule has 118 valence electrons. The van der Waals surface area contributed by atoms with Crippen molar-refractivity contribution >= 4 is 5.82 Å². The maximum Gasteiger partial charge on any atom is 0.296 e. The van der Waals surface area contributed by atoms with Gasteiger partial charge in [0, 0.05) is 5.56 Å². The molecule has 3 aromatic rings. The lowest BCUT2D eigenvalue weighted by Gasteiger charge is -2.08. The Labute approximate surface area is 142 Å². The molecule has 3 rings (SSSR count).